The maximum atomic E-state index is 13.3. The minimum Gasteiger partial charge on any atom is -0.495 e. The Morgan fingerprint density at radius 1 is 1.44 bits per heavy atom. The number of carbonyl (C=O) groups excluding carboxylic acids is 1. The number of rotatable bonds is 7. The number of sulfonamides is 1. The van der Waals surface area contributed by atoms with E-state index < -0.39 is 25.4 Å². The Bertz CT molecular complexity index is 956. The van der Waals surface area contributed by atoms with Crippen molar-refractivity contribution in [2.24, 2.45) is 0 Å². The standard InChI is InChI=1S/C17H24N2O6S2/c1-5-9-19(17(3)8-10-26(21,22)12-17)27(23,24)14-6-7-16(25-4)15(11-14)18-13(2)20/h5-7,11H,1,8-10,12H2,2-4H3,(H,18,20)/t17-/m1/s1. The van der Waals surface area contributed by atoms with Crippen molar-refractivity contribution >= 4 is 31.5 Å². The summed E-state index contributed by atoms with van der Waals surface area (Å²) in [4.78, 5) is 11.3. The first-order valence-electron chi connectivity index (χ1n) is 8.25. The third-order valence-electron chi connectivity index (χ3n) is 4.45. The van der Waals surface area contributed by atoms with Gasteiger partial charge in [-0.15, -0.1) is 6.58 Å². The number of sulfone groups is 1. The van der Waals surface area contributed by atoms with Crippen LogP contribution in [0.2, 0.25) is 0 Å². The van der Waals surface area contributed by atoms with Crippen LogP contribution in [0.4, 0.5) is 5.69 Å². The molecule has 1 fully saturated rings. The Hall–Kier alpha value is -1.91. The van der Waals surface area contributed by atoms with Gasteiger partial charge >= 0.3 is 0 Å². The van der Waals surface area contributed by atoms with Crippen molar-refractivity contribution in [2.75, 3.05) is 30.5 Å². The Morgan fingerprint density at radius 3 is 2.59 bits per heavy atom. The van der Waals surface area contributed by atoms with Gasteiger partial charge in [0.25, 0.3) is 0 Å². The lowest BCUT2D eigenvalue weighted by Crippen LogP contribution is -2.50. The Morgan fingerprint density at radius 2 is 2.11 bits per heavy atom. The number of amides is 1. The molecule has 0 saturated carbocycles. The molecule has 0 spiro atoms. The fraction of sp³-hybridized carbons (Fsp3) is 0.471. The van der Waals surface area contributed by atoms with Gasteiger partial charge < -0.3 is 10.1 Å². The van der Waals surface area contributed by atoms with Crippen molar-refractivity contribution < 1.29 is 26.4 Å². The van der Waals surface area contributed by atoms with Crippen molar-refractivity contribution in [2.45, 2.75) is 30.7 Å². The predicted molar refractivity (Wildman–Crippen MR) is 103 cm³/mol. The highest BCUT2D eigenvalue weighted by molar-refractivity contribution is 7.92. The van der Waals surface area contributed by atoms with Crippen molar-refractivity contribution in [3.05, 3.63) is 30.9 Å². The summed E-state index contributed by atoms with van der Waals surface area (Å²) in [5, 5.41) is 2.54. The number of methoxy groups -OCH3 is 1. The molecule has 1 aromatic rings. The van der Waals surface area contributed by atoms with Gasteiger partial charge in [0.15, 0.2) is 9.84 Å². The van der Waals surface area contributed by atoms with E-state index >= 15 is 0 Å². The zero-order chi connectivity index (χ0) is 20.5. The largest absolute Gasteiger partial charge is 0.495 e. The second-order valence-corrected chi connectivity index (χ2v) is 10.8. The molecule has 10 heteroatoms. The van der Waals surface area contributed by atoms with Crippen LogP contribution >= 0.6 is 0 Å². The maximum absolute atomic E-state index is 13.3. The minimum atomic E-state index is -4.05. The smallest absolute Gasteiger partial charge is 0.243 e. The molecular weight excluding hydrogens is 392 g/mol. The van der Waals surface area contributed by atoms with E-state index in [9.17, 15) is 21.6 Å². The number of nitrogens with one attached hydrogen (secondary N) is 1. The Kier molecular flexibility index (Phi) is 6.03. The molecule has 8 nitrogen and oxygen atoms in total. The summed E-state index contributed by atoms with van der Waals surface area (Å²) in [7, 11) is -5.95. The van der Waals surface area contributed by atoms with Crippen molar-refractivity contribution in [1.82, 2.24) is 4.31 Å². The molecule has 0 aromatic heterocycles. The summed E-state index contributed by atoms with van der Waals surface area (Å²) in [5.41, 5.74) is -0.853. The number of benzene rings is 1. The Balaban J connectivity index is 2.54. The van der Waals surface area contributed by atoms with Crippen LogP contribution in [0.15, 0.2) is 35.7 Å². The third-order valence-corrected chi connectivity index (χ3v) is 8.36. The number of hydrogen-bond acceptors (Lipinski definition) is 6. The van der Waals surface area contributed by atoms with Crippen molar-refractivity contribution in [3.63, 3.8) is 0 Å². The number of carbonyl (C=O) groups is 1. The quantitative estimate of drug-likeness (QED) is 0.673. The summed E-state index contributed by atoms with van der Waals surface area (Å²) in [6.45, 7) is 6.49. The molecule has 27 heavy (non-hydrogen) atoms. The summed E-state index contributed by atoms with van der Waals surface area (Å²) < 4.78 is 56.8. The Labute approximate surface area is 160 Å². The van der Waals surface area contributed by atoms with Crippen LogP contribution in [-0.2, 0) is 24.7 Å². The lowest BCUT2D eigenvalue weighted by Gasteiger charge is -2.35. The molecule has 1 N–H and O–H groups in total. The lowest BCUT2D eigenvalue weighted by atomic mass is 10.0. The minimum absolute atomic E-state index is 0.0319. The first-order valence-corrected chi connectivity index (χ1v) is 11.5. The number of hydrogen-bond donors (Lipinski definition) is 1. The highest BCUT2D eigenvalue weighted by Gasteiger charge is 2.47. The molecule has 1 aliphatic rings. The molecule has 0 radical (unpaired) electrons. The van der Waals surface area contributed by atoms with E-state index in [-0.39, 0.29) is 41.0 Å². The van der Waals surface area contributed by atoms with Crippen LogP contribution in [0.1, 0.15) is 20.3 Å². The lowest BCUT2D eigenvalue weighted by molar-refractivity contribution is -0.114. The van der Waals surface area contributed by atoms with Gasteiger partial charge in [0.2, 0.25) is 15.9 Å². The first kappa shape index (κ1) is 21.4. The topological polar surface area (TPSA) is 110 Å². The van der Waals surface area contributed by atoms with Gasteiger partial charge in [0, 0.05) is 19.0 Å². The highest BCUT2D eigenvalue weighted by atomic mass is 32.2. The van der Waals surface area contributed by atoms with Gasteiger partial charge in [-0.3, -0.25) is 4.79 Å². The number of ether oxygens (including phenoxy) is 1. The van der Waals surface area contributed by atoms with Gasteiger partial charge in [-0.1, -0.05) is 6.08 Å². The van der Waals surface area contributed by atoms with E-state index in [4.69, 9.17) is 4.74 Å². The fourth-order valence-electron chi connectivity index (χ4n) is 3.18. The van der Waals surface area contributed by atoms with Crippen LogP contribution < -0.4 is 10.1 Å². The zero-order valence-corrected chi connectivity index (χ0v) is 17.2. The van der Waals surface area contributed by atoms with Gasteiger partial charge in [-0.25, -0.2) is 16.8 Å². The average molecular weight is 417 g/mol. The fourth-order valence-corrected chi connectivity index (χ4v) is 7.20. The van der Waals surface area contributed by atoms with E-state index in [2.05, 4.69) is 11.9 Å². The highest BCUT2D eigenvalue weighted by Crippen LogP contribution is 2.36. The monoisotopic (exact) mass is 416 g/mol. The molecule has 1 aliphatic heterocycles. The summed E-state index contributed by atoms with van der Waals surface area (Å²) in [5.74, 6) is -0.373. The molecule has 0 bridgehead atoms. The van der Waals surface area contributed by atoms with Crippen LogP contribution in [-0.4, -0.2) is 57.7 Å². The van der Waals surface area contributed by atoms with Gasteiger partial charge in [-0.2, -0.15) is 4.31 Å². The van der Waals surface area contributed by atoms with Crippen LogP contribution in [0.25, 0.3) is 0 Å². The average Bonchev–Trinajstić information content (AvgIpc) is 2.85. The van der Waals surface area contributed by atoms with Gasteiger partial charge in [0.1, 0.15) is 5.75 Å². The van der Waals surface area contributed by atoms with E-state index in [0.717, 1.165) is 4.31 Å². The molecule has 1 amide bonds. The second kappa shape index (κ2) is 7.61. The first-order chi connectivity index (χ1) is 12.4. The summed E-state index contributed by atoms with van der Waals surface area (Å²) in [6.07, 6.45) is 1.63. The van der Waals surface area contributed by atoms with E-state index in [1.807, 2.05) is 0 Å². The molecule has 0 unspecified atom stereocenters. The number of nitrogens with zero attached hydrogens (tertiary/aromatic N) is 1. The zero-order valence-electron chi connectivity index (χ0n) is 15.6. The second-order valence-electron chi connectivity index (χ2n) is 6.71. The molecule has 1 atom stereocenters. The SMILES string of the molecule is C=CCN([C@]1(C)CCS(=O)(=O)C1)S(=O)(=O)c1ccc(OC)c(NC(C)=O)c1. The van der Waals surface area contributed by atoms with Crippen molar-refractivity contribution in [3.8, 4) is 5.75 Å². The molecular formula is C17H24N2O6S2. The third kappa shape index (κ3) is 4.50. The summed E-state index contributed by atoms with van der Waals surface area (Å²) in [6, 6.07) is 4.11. The van der Waals surface area contributed by atoms with E-state index in [1.165, 1.54) is 38.3 Å². The van der Waals surface area contributed by atoms with Gasteiger partial charge in [0.05, 0.1) is 29.2 Å². The number of anilines is 1. The van der Waals surface area contributed by atoms with Gasteiger partial charge in [-0.05, 0) is 31.5 Å². The van der Waals surface area contributed by atoms with Crippen LogP contribution in [0.5, 0.6) is 5.75 Å². The molecule has 150 valence electrons. The molecule has 2 rings (SSSR count). The molecule has 1 aromatic carbocycles. The van der Waals surface area contributed by atoms with E-state index in [0.29, 0.717) is 5.75 Å². The van der Waals surface area contributed by atoms with Crippen LogP contribution in [0, 0.1) is 0 Å². The van der Waals surface area contributed by atoms with Crippen LogP contribution in [0.3, 0.4) is 0 Å². The molecule has 1 saturated heterocycles. The molecule has 1 heterocycles. The van der Waals surface area contributed by atoms with Crippen molar-refractivity contribution in [1.29, 1.82) is 0 Å². The summed E-state index contributed by atoms with van der Waals surface area (Å²) >= 11 is 0. The normalized spacial score (nSPS) is 21.8. The maximum Gasteiger partial charge on any atom is 0.243 e. The predicted octanol–water partition coefficient (Wildman–Crippen LogP) is 1.41. The van der Waals surface area contributed by atoms with E-state index in [1.54, 1.807) is 6.92 Å². The molecule has 0 aliphatic carbocycles.